The van der Waals surface area contributed by atoms with Crippen molar-refractivity contribution in [2.24, 2.45) is 12.1 Å². The molecule has 1 N–H and O–H groups in total. The van der Waals surface area contributed by atoms with E-state index < -0.39 is 12.0 Å². The lowest BCUT2D eigenvalue weighted by Crippen LogP contribution is -2.28. The van der Waals surface area contributed by atoms with E-state index in [1.54, 1.807) is 26.4 Å². The molecule has 3 aromatic rings. The van der Waals surface area contributed by atoms with Gasteiger partial charge in [-0.05, 0) is 40.2 Å². The molecule has 9 heteroatoms. The Morgan fingerprint density at radius 2 is 1.86 bits per heavy atom. The van der Waals surface area contributed by atoms with Crippen LogP contribution in [-0.2, 0) is 16.6 Å². The minimum atomic E-state index is -0.904. The average Bonchev–Trinajstić information content (AvgIpc) is 3.06. The molecule has 1 amide bonds. The number of hydrogen-bond acceptors (Lipinski definition) is 6. The number of methoxy groups -OCH3 is 3. The topological polar surface area (TPSA) is 87.0 Å². The number of benzene rings is 2. The van der Waals surface area contributed by atoms with E-state index in [4.69, 9.17) is 14.2 Å². The van der Waals surface area contributed by atoms with Gasteiger partial charge < -0.3 is 18.8 Å². The minimum Gasteiger partial charge on any atom is -0.495 e. The highest BCUT2D eigenvalue weighted by Gasteiger charge is 2.25. The highest BCUT2D eigenvalue weighted by Crippen LogP contribution is 2.35. The Balaban J connectivity index is 1.79. The quantitative estimate of drug-likeness (QED) is 0.432. The molecule has 0 radical (unpaired) electrons. The van der Waals surface area contributed by atoms with Crippen molar-refractivity contribution in [2.75, 3.05) is 21.3 Å². The van der Waals surface area contributed by atoms with Gasteiger partial charge in [-0.15, -0.1) is 0 Å². The lowest BCUT2D eigenvalue weighted by molar-refractivity contribution is -0.131. The Kier molecular flexibility index (Phi) is 6.50. The average molecular weight is 461 g/mol. The van der Waals surface area contributed by atoms with E-state index in [9.17, 15) is 4.79 Å². The lowest BCUT2D eigenvalue weighted by Gasteiger charge is -2.13. The third-order valence-corrected chi connectivity index (χ3v) is 5.17. The molecule has 0 saturated heterocycles. The fourth-order valence-corrected chi connectivity index (χ4v) is 3.47. The Morgan fingerprint density at radius 1 is 1.21 bits per heavy atom. The number of nitrogens with zero attached hydrogens (tertiary/aromatic N) is 3. The number of aryl methyl sites for hydroxylation is 1. The number of para-hydroxylation sites is 2. The molecule has 1 heterocycles. The van der Waals surface area contributed by atoms with Gasteiger partial charge in [0.25, 0.3) is 5.91 Å². The van der Waals surface area contributed by atoms with Crippen molar-refractivity contribution in [3.05, 3.63) is 52.3 Å². The normalized spacial score (nSPS) is 12.3. The molecule has 0 fully saturated rings. The predicted octanol–water partition coefficient (Wildman–Crippen LogP) is 3.19. The number of hydrazone groups is 1. The van der Waals surface area contributed by atoms with Gasteiger partial charge in [0.05, 0.1) is 31.5 Å². The van der Waals surface area contributed by atoms with Crippen molar-refractivity contribution in [3.63, 3.8) is 0 Å². The molecule has 0 saturated carbocycles. The molecule has 1 aromatic heterocycles. The summed E-state index contributed by atoms with van der Waals surface area (Å²) in [5, 5.41) is 4.03. The smallest absolute Gasteiger partial charge is 0.277 e. The second-order valence-electron chi connectivity index (χ2n) is 6.11. The van der Waals surface area contributed by atoms with E-state index in [2.05, 4.69) is 31.4 Å². The van der Waals surface area contributed by atoms with Gasteiger partial charge in [-0.1, -0.05) is 12.1 Å². The van der Waals surface area contributed by atoms with Gasteiger partial charge in [0.2, 0.25) is 0 Å². The first-order valence-corrected chi connectivity index (χ1v) is 9.48. The molecule has 29 heavy (non-hydrogen) atoms. The summed E-state index contributed by atoms with van der Waals surface area (Å²) in [4.78, 5) is 17.1. The molecule has 1 atom stereocenters. The van der Waals surface area contributed by atoms with Crippen LogP contribution in [0.1, 0.15) is 17.5 Å². The first-order chi connectivity index (χ1) is 14.0. The molecule has 0 aliphatic rings. The summed E-state index contributed by atoms with van der Waals surface area (Å²) < 4.78 is 18.5. The fourth-order valence-electron chi connectivity index (χ4n) is 2.92. The third kappa shape index (κ3) is 4.25. The maximum Gasteiger partial charge on any atom is 0.277 e. The van der Waals surface area contributed by atoms with E-state index in [1.807, 2.05) is 35.9 Å². The number of aromatic nitrogens is 2. The van der Waals surface area contributed by atoms with Crippen molar-refractivity contribution in [3.8, 4) is 11.5 Å². The largest absolute Gasteiger partial charge is 0.495 e. The van der Waals surface area contributed by atoms with Gasteiger partial charge in [-0.3, -0.25) is 4.79 Å². The number of rotatable bonds is 7. The van der Waals surface area contributed by atoms with Crippen LogP contribution >= 0.6 is 15.9 Å². The zero-order valence-corrected chi connectivity index (χ0v) is 18.1. The van der Waals surface area contributed by atoms with E-state index in [0.29, 0.717) is 27.4 Å². The van der Waals surface area contributed by atoms with E-state index >= 15 is 0 Å². The Bertz CT molecular complexity index is 1040. The van der Waals surface area contributed by atoms with Crippen LogP contribution in [0.4, 0.5) is 0 Å². The fraction of sp³-hybridized carbons (Fsp3) is 0.250. The van der Waals surface area contributed by atoms with E-state index in [0.717, 1.165) is 11.0 Å². The molecule has 1 unspecified atom stereocenters. The lowest BCUT2D eigenvalue weighted by atomic mass is 10.2. The highest BCUT2D eigenvalue weighted by atomic mass is 79.9. The Hall–Kier alpha value is -2.91. The number of imidazole rings is 1. The number of ether oxygens (including phenoxy) is 3. The van der Waals surface area contributed by atoms with Crippen LogP contribution in [0.3, 0.4) is 0 Å². The Morgan fingerprint density at radius 3 is 2.45 bits per heavy atom. The standard InChI is InChI=1S/C20H21BrN4O4/c1-25-14-8-6-5-7-13(14)23-19(25)18(29-4)20(26)24-22-11-12-9-15(27-2)17(21)16(10-12)28-3/h5-11,18H,1-4H3,(H,24,26)/b22-11+. The zero-order valence-electron chi connectivity index (χ0n) is 16.5. The van der Waals surface area contributed by atoms with Crippen LogP contribution in [0, 0.1) is 0 Å². The number of carbonyl (C=O) groups is 1. The van der Waals surface area contributed by atoms with Gasteiger partial charge >= 0.3 is 0 Å². The SMILES string of the molecule is COc1cc(/C=N/NC(=O)C(OC)c2nc3ccccc3n2C)cc(OC)c1Br. The van der Waals surface area contributed by atoms with Gasteiger partial charge in [-0.2, -0.15) is 5.10 Å². The van der Waals surface area contributed by atoms with Crippen molar-refractivity contribution in [1.29, 1.82) is 0 Å². The predicted molar refractivity (Wildman–Crippen MR) is 113 cm³/mol. The van der Waals surface area contributed by atoms with Gasteiger partial charge in [0, 0.05) is 19.7 Å². The molecule has 0 bridgehead atoms. The molecular weight excluding hydrogens is 440 g/mol. The highest BCUT2D eigenvalue weighted by molar-refractivity contribution is 9.10. The number of fused-ring (bicyclic) bond motifs is 1. The summed E-state index contributed by atoms with van der Waals surface area (Å²) in [5.41, 5.74) is 4.90. The van der Waals surface area contributed by atoms with Crippen LogP contribution in [0.25, 0.3) is 11.0 Å². The Labute approximate surface area is 176 Å². The second-order valence-corrected chi connectivity index (χ2v) is 6.90. The summed E-state index contributed by atoms with van der Waals surface area (Å²) in [7, 11) is 6.41. The van der Waals surface area contributed by atoms with Crippen molar-refractivity contribution >= 4 is 39.1 Å². The van der Waals surface area contributed by atoms with Crippen LogP contribution in [0.5, 0.6) is 11.5 Å². The maximum absolute atomic E-state index is 12.6. The van der Waals surface area contributed by atoms with E-state index in [-0.39, 0.29) is 0 Å². The maximum atomic E-state index is 12.6. The number of amides is 1. The van der Waals surface area contributed by atoms with Crippen LogP contribution in [0.2, 0.25) is 0 Å². The summed E-state index contributed by atoms with van der Waals surface area (Å²) in [6.07, 6.45) is 0.593. The molecule has 152 valence electrons. The summed E-state index contributed by atoms with van der Waals surface area (Å²) >= 11 is 3.41. The number of nitrogens with one attached hydrogen (secondary N) is 1. The molecule has 0 spiro atoms. The third-order valence-electron chi connectivity index (χ3n) is 4.39. The van der Waals surface area contributed by atoms with Gasteiger partial charge in [-0.25, -0.2) is 10.4 Å². The second kappa shape index (κ2) is 9.06. The monoisotopic (exact) mass is 460 g/mol. The van der Waals surface area contributed by atoms with Gasteiger partial charge in [0.1, 0.15) is 21.8 Å². The summed E-state index contributed by atoms with van der Waals surface area (Å²) in [5.74, 6) is 1.24. The number of carbonyl (C=O) groups excluding carboxylic acids is 1. The molecule has 3 rings (SSSR count). The van der Waals surface area contributed by atoms with Gasteiger partial charge in [0.15, 0.2) is 6.10 Å². The first kappa shape index (κ1) is 20.8. The molecule has 8 nitrogen and oxygen atoms in total. The molecule has 0 aliphatic carbocycles. The molecule has 2 aromatic carbocycles. The number of hydrogen-bond donors (Lipinski definition) is 1. The van der Waals surface area contributed by atoms with Crippen LogP contribution in [0.15, 0.2) is 46.0 Å². The molecule has 0 aliphatic heterocycles. The zero-order chi connectivity index (χ0) is 21.0. The van der Waals surface area contributed by atoms with Crippen molar-refractivity contribution in [1.82, 2.24) is 15.0 Å². The number of halogens is 1. The summed E-state index contributed by atoms with van der Waals surface area (Å²) in [6, 6.07) is 11.2. The minimum absolute atomic E-state index is 0.432. The summed E-state index contributed by atoms with van der Waals surface area (Å²) in [6.45, 7) is 0. The molecular formula is C20H21BrN4O4. The van der Waals surface area contributed by atoms with E-state index in [1.165, 1.54) is 13.3 Å². The van der Waals surface area contributed by atoms with Crippen molar-refractivity contribution in [2.45, 2.75) is 6.10 Å². The van der Waals surface area contributed by atoms with Crippen molar-refractivity contribution < 1.29 is 19.0 Å². The first-order valence-electron chi connectivity index (χ1n) is 8.68. The van der Waals surface area contributed by atoms with Crippen LogP contribution in [-0.4, -0.2) is 43.0 Å². The van der Waals surface area contributed by atoms with Crippen LogP contribution < -0.4 is 14.9 Å².